The van der Waals surface area contributed by atoms with Crippen molar-refractivity contribution in [3.8, 4) is 5.75 Å². The molecule has 0 bridgehead atoms. The van der Waals surface area contributed by atoms with E-state index in [0.29, 0.717) is 12.3 Å². The van der Waals surface area contributed by atoms with Crippen LogP contribution in [0.1, 0.15) is 25.3 Å². The highest BCUT2D eigenvalue weighted by Crippen LogP contribution is 2.19. The fourth-order valence-corrected chi connectivity index (χ4v) is 1.61. The third kappa shape index (κ3) is 5.70. The summed E-state index contributed by atoms with van der Waals surface area (Å²) < 4.78 is 18.7. The molecule has 4 nitrogen and oxygen atoms in total. The first kappa shape index (κ1) is 15.4. The maximum absolute atomic E-state index is 13.2. The Labute approximate surface area is 113 Å². The van der Waals surface area contributed by atoms with Crippen molar-refractivity contribution in [2.45, 2.75) is 26.3 Å². The average molecular weight is 268 g/mol. The zero-order valence-electron chi connectivity index (χ0n) is 11.5. The molecule has 0 unspecified atom stereocenters. The van der Waals surface area contributed by atoms with Crippen LogP contribution in [0.2, 0.25) is 0 Å². The van der Waals surface area contributed by atoms with Crippen LogP contribution in [0.4, 0.5) is 4.39 Å². The molecule has 0 aliphatic heterocycles. The minimum absolute atomic E-state index is 0.0761. The molecule has 1 amide bonds. The normalized spacial score (nSPS) is 10.3. The fraction of sp³-hybridized carbons (Fsp3) is 0.500. The average Bonchev–Trinajstić information content (AvgIpc) is 2.41. The number of rotatable bonds is 8. The molecule has 0 saturated heterocycles. The van der Waals surface area contributed by atoms with Gasteiger partial charge in [-0.1, -0.05) is 6.92 Å². The van der Waals surface area contributed by atoms with E-state index in [4.69, 9.17) is 4.74 Å². The first-order valence-corrected chi connectivity index (χ1v) is 6.50. The monoisotopic (exact) mass is 268 g/mol. The first-order valence-electron chi connectivity index (χ1n) is 6.50. The van der Waals surface area contributed by atoms with Crippen LogP contribution < -0.4 is 15.4 Å². The minimum atomic E-state index is -0.285. The molecule has 0 spiro atoms. The number of hydrogen-bond acceptors (Lipinski definition) is 3. The lowest BCUT2D eigenvalue weighted by Gasteiger charge is -2.12. The van der Waals surface area contributed by atoms with Gasteiger partial charge in [-0.2, -0.15) is 0 Å². The van der Waals surface area contributed by atoms with Gasteiger partial charge in [0, 0.05) is 19.2 Å². The van der Waals surface area contributed by atoms with Crippen molar-refractivity contribution in [3.05, 3.63) is 29.6 Å². The molecular weight excluding hydrogens is 247 g/mol. The quantitative estimate of drug-likeness (QED) is 0.707. The van der Waals surface area contributed by atoms with Crippen LogP contribution in [0.5, 0.6) is 5.75 Å². The molecule has 106 valence electrons. The van der Waals surface area contributed by atoms with Gasteiger partial charge >= 0.3 is 0 Å². The van der Waals surface area contributed by atoms with E-state index in [1.807, 2.05) is 0 Å². The highest BCUT2D eigenvalue weighted by atomic mass is 19.1. The van der Waals surface area contributed by atoms with Gasteiger partial charge in [-0.15, -0.1) is 0 Å². The molecule has 0 radical (unpaired) electrons. The van der Waals surface area contributed by atoms with Crippen LogP contribution in [0.3, 0.4) is 0 Å². The molecule has 0 atom stereocenters. The van der Waals surface area contributed by atoms with Crippen LogP contribution in [-0.4, -0.2) is 26.1 Å². The van der Waals surface area contributed by atoms with Crippen LogP contribution in [-0.2, 0) is 11.3 Å². The molecule has 5 heteroatoms. The lowest BCUT2D eigenvalue weighted by Crippen LogP contribution is -2.20. The lowest BCUT2D eigenvalue weighted by atomic mass is 10.2. The Kier molecular flexibility index (Phi) is 6.89. The topological polar surface area (TPSA) is 50.4 Å². The molecule has 19 heavy (non-hydrogen) atoms. The summed E-state index contributed by atoms with van der Waals surface area (Å²) in [6.07, 6.45) is 1.30. The Bertz CT molecular complexity index is 410. The second-order valence-electron chi connectivity index (χ2n) is 4.20. The van der Waals surface area contributed by atoms with E-state index in [1.165, 1.54) is 12.1 Å². The van der Waals surface area contributed by atoms with Crippen molar-refractivity contribution in [2.75, 3.05) is 20.2 Å². The summed E-state index contributed by atoms with van der Waals surface area (Å²) in [7, 11) is 1.58. The summed E-state index contributed by atoms with van der Waals surface area (Å²) >= 11 is 0. The second-order valence-corrected chi connectivity index (χ2v) is 4.20. The van der Waals surface area contributed by atoms with Crippen LogP contribution >= 0.6 is 0 Å². The van der Waals surface area contributed by atoms with Gasteiger partial charge in [-0.3, -0.25) is 4.79 Å². The van der Waals surface area contributed by atoms with Gasteiger partial charge in [0.05, 0.1) is 13.0 Å². The largest absolute Gasteiger partial charge is 0.493 e. The van der Waals surface area contributed by atoms with E-state index in [1.54, 1.807) is 13.1 Å². The minimum Gasteiger partial charge on any atom is -0.493 e. The molecule has 1 aromatic carbocycles. The number of amides is 1. The Hall–Kier alpha value is -1.62. The van der Waals surface area contributed by atoms with Gasteiger partial charge in [-0.25, -0.2) is 4.39 Å². The SMILES string of the molecule is CCCNCc1cc(F)ccc1OCCC(=O)NC. The lowest BCUT2D eigenvalue weighted by molar-refractivity contribution is -0.121. The second kappa shape index (κ2) is 8.48. The Morgan fingerprint density at radius 1 is 1.42 bits per heavy atom. The Morgan fingerprint density at radius 3 is 2.89 bits per heavy atom. The number of carbonyl (C=O) groups is 1. The highest BCUT2D eigenvalue weighted by molar-refractivity contribution is 5.75. The van der Waals surface area contributed by atoms with E-state index in [9.17, 15) is 9.18 Å². The van der Waals surface area contributed by atoms with Crippen molar-refractivity contribution >= 4 is 5.91 Å². The fourth-order valence-electron chi connectivity index (χ4n) is 1.61. The van der Waals surface area contributed by atoms with Crippen molar-refractivity contribution in [2.24, 2.45) is 0 Å². The predicted octanol–water partition coefficient (Wildman–Crippen LogP) is 1.84. The number of hydrogen-bond donors (Lipinski definition) is 2. The molecule has 0 fully saturated rings. The van der Waals surface area contributed by atoms with Gasteiger partial charge in [0.15, 0.2) is 0 Å². The van der Waals surface area contributed by atoms with Crippen molar-refractivity contribution in [3.63, 3.8) is 0 Å². The summed E-state index contributed by atoms with van der Waals surface area (Å²) in [4.78, 5) is 11.1. The van der Waals surface area contributed by atoms with E-state index in [2.05, 4.69) is 17.6 Å². The molecule has 1 rings (SSSR count). The Balaban J connectivity index is 2.57. The van der Waals surface area contributed by atoms with E-state index >= 15 is 0 Å². The molecule has 0 aliphatic rings. The third-order valence-corrected chi connectivity index (χ3v) is 2.63. The maximum atomic E-state index is 13.2. The molecular formula is C14H21FN2O2. The maximum Gasteiger partial charge on any atom is 0.223 e. The van der Waals surface area contributed by atoms with Crippen molar-refractivity contribution in [1.82, 2.24) is 10.6 Å². The predicted molar refractivity (Wildman–Crippen MR) is 72.6 cm³/mol. The summed E-state index contributed by atoms with van der Waals surface area (Å²) in [5.41, 5.74) is 0.769. The smallest absolute Gasteiger partial charge is 0.223 e. The molecule has 0 heterocycles. The number of halogens is 1. The zero-order valence-corrected chi connectivity index (χ0v) is 11.5. The number of nitrogens with one attached hydrogen (secondary N) is 2. The summed E-state index contributed by atoms with van der Waals surface area (Å²) in [6.45, 7) is 3.78. The van der Waals surface area contributed by atoms with Crippen LogP contribution in [0.25, 0.3) is 0 Å². The molecule has 0 saturated carbocycles. The standard InChI is InChI=1S/C14H21FN2O2/c1-3-7-17-10-11-9-12(15)4-5-13(11)19-8-6-14(18)16-2/h4-5,9,17H,3,6-8,10H2,1-2H3,(H,16,18). The Morgan fingerprint density at radius 2 is 2.21 bits per heavy atom. The van der Waals surface area contributed by atoms with E-state index in [0.717, 1.165) is 18.5 Å². The van der Waals surface area contributed by atoms with Gasteiger partial charge in [0.2, 0.25) is 5.91 Å². The van der Waals surface area contributed by atoms with Crippen molar-refractivity contribution in [1.29, 1.82) is 0 Å². The van der Waals surface area contributed by atoms with Gasteiger partial charge in [0.25, 0.3) is 0 Å². The molecule has 0 aliphatic carbocycles. The summed E-state index contributed by atoms with van der Waals surface area (Å²) in [5, 5.41) is 5.73. The summed E-state index contributed by atoms with van der Waals surface area (Å²) in [5.74, 6) is 0.258. The van der Waals surface area contributed by atoms with Crippen LogP contribution in [0.15, 0.2) is 18.2 Å². The van der Waals surface area contributed by atoms with Gasteiger partial charge in [0.1, 0.15) is 11.6 Å². The molecule has 2 N–H and O–H groups in total. The number of benzene rings is 1. The van der Waals surface area contributed by atoms with Crippen LogP contribution in [0, 0.1) is 5.82 Å². The summed E-state index contributed by atoms with van der Waals surface area (Å²) in [6, 6.07) is 4.42. The highest BCUT2D eigenvalue weighted by Gasteiger charge is 2.06. The third-order valence-electron chi connectivity index (χ3n) is 2.63. The van der Waals surface area contributed by atoms with Crippen molar-refractivity contribution < 1.29 is 13.9 Å². The zero-order chi connectivity index (χ0) is 14.1. The van der Waals surface area contributed by atoms with E-state index < -0.39 is 0 Å². The first-order chi connectivity index (χ1) is 9.17. The number of carbonyl (C=O) groups excluding carboxylic acids is 1. The molecule has 1 aromatic rings. The number of ether oxygens (including phenoxy) is 1. The van der Waals surface area contributed by atoms with Gasteiger partial charge < -0.3 is 15.4 Å². The molecule has 0 aromatic heterocycles. The van der Waals surface area contributed by atoms with Gasteiger partial charge in [-0.05, 0) is 31.2 Å². The van der Waals surface area contributed by atoms with E-state index in [-0.39, 0.29) is 24.8 Å².